The fourth-order valence-corrected chi connectivity index (χ4v) is 5.84. The largest absolute Gasteiger partial charge is 0.741 e. The van der Waals surface area contributed by atoms with E-state index in [1.54, 1.807) is 25.7 Å². The van der Waals surface area contributed by atoms with Crippen molar-refractivity contribution in [2.45, 2.75) is 80.2 Å². The Hall–Kier alpha value is 0.0500. The summed E-state index contributed by atoms with van der Waals surface area (Å²) < 4.78 is 58.9. The Labute approximate surface area is 134 Å². The van der Waals surface area contributed by atoms with Gasteiger partial charge in [-0.25, -0.2) is 8.42 Å². The Morgan fingerprint density at radius 2 is 1.14 bits per heavy atom. The van der Waals surface area contributed by atoms with Crippen LogP contribution in [0.25, 0.3) is 0 Å². The average Bonchev–Trinajstić information content (AvgIpc) is 2.47. The summed E-state index contributed by atoms with van der Waals surface area (Å²) in [5.41, 5.74) is -5.65. The predicted octanol–water partition coefficient (Wildman–Crippen LogP) is 3.95. The van der Waals surface area contributed by atoms with Crippen molar-refractivity contribution in [1.29, 1.82) is 0 Å². The fraction of sp³-hybridized carbons (Fsp3) is 1.00. The van der Waals surface area contributed by atoms with Gasteiger partial charge in [-0.2, -0.15) is 13.2 Å². The van der Waals surface area contributed by atoms with E-state index >= 15 is 0 Å². The molecule has 0 N–H and O–H groups in total. The first-order valence-electron chi connectivity index (χ1n) is 7.78. The van der Waals surface area contributed by atoms with E-state index in [0.29, 0.717) is 0 Å². The van der Waals surface area contributed by atoms with Gasteiger partial charge in [0.05, 0.1) is 6.26 Å². The van der Waals surface area contributed by atoms with E-state index in [1.165, 1.54) is 38.5 Å². The molecule has 0 atom stereocenters. The molecule has 2 fully saturated rings. The summed E-state index contributed by atoms with van der Waals surface area (Å²) in [5, 5.41) is 2.23. The van der Waals surface area contributed by atoms with Crippen LogP contribution in [-0.2, 0) is 21.0 Å². The van der Waals surface area contributed by atoms with Crippen LogP contribution in [0.4, 0.5) is 13.2 Å². The second-order valence-electron chi connectivity index (χ2n) is 6.03. The third kappa shape index (κ3) is 6.66. The summed E-state index contributed by atoms with van der Waals surface area (Å²) in [6.07, 6.45) is 17.9. The van der Waals surface area contributed by atoms with Gasteiger partial charge in [0.25, 0.3) is 0 Å². The molecule has 2 saturated carbocycles. The van der Waals surface area contributed by atoms with E-state index in [4.69, 9.17) is 13.0 Å². The van der Waals surface area contributed by atoms with Crippen molar-refractivity contribution in [3.05, 3.63) is 0 Å². The maximum absolute atomic E-state index is 10.7. The molecule has 2 rings (SSSR count). The zero-order chi connectivity index (χ0) is 16.8. The molecule has 0 spiro atoms. The van der Waals surface area contributed by atoms with E-state index < -0.39 is 15.6 Å². The molecule has 0 aromatic rings. The van der Waals surface area contributed by atoms with Gasteiger partial charge in [-0.05, 0) is 62.3 Å². The monoisotopic (exact) mass is 362 g/mol. The van der Waals surface area contributed by atoms with Gasteiger partial charge in [-0.1, -0.05) is 12.8 Å². The first-order chi connectivity index (χ1) is 10.1. The first-order valence-corrected chi connectivity index (χ1v) is 11.0. The Balaban J connectivity index is 0.000000261. The van der Waals surface area contributed by atoms with Crippen molar-refractivity contribution in [1.82, 2.24) is 0 Å². The van der Waals surface area contributed by atoms with Crippen LogP contribution in [0.1, 0.15) is 64.2 Å². The molecule has 0 aliphatic heterocycles. The van der Waals surface area contributed by atoms with Crippen LogP contribution in [-0.4, -0.2) is 35.2 Å². The number of halogens is 3. The quantitative estimate of drug-likeness (QED) is 0.424. The SMILES string of the molecule is C[S+](C1CCCCC1)C1CCCCC1.O=S(=O)([O-])C(F)(F)F. The van der Waals surface area contributed by atoms with Gasteiger partial charge in [0.2, 0.25) is 0 Å². The van der Waals surface area contributed by atoms with Gasteiger partial charge in [0.1, 0.15) is 10.5 Å². The van der Waals surface area contributed by atoms with Crippen LogP contribution in [0.3, 0.4) is 0 Å². The summed E-state index contributed by atoms with van der Waals surface area (Å²) in [6, 6.07) is 0. The highest BCUT2D eigenvalue weighted by molar-refractivity contribution is 7.97. The summed E-state index contributed by atoms with van der Waals surface area (Å²) >= 11 is 0. The minimum atomic E-state index is -6.09. The van der Waals surface area contributed by atoms with E-state index in [1.807, 2.05) is 0 Å². The average molecular weight is 362 g/mol. The maximum Gasteiger partial charge on any atom is 0.485 e. The minimum absolute atomic E-state index is 0.757. The van der Waals surface area contributed by atoms with Gasteiger partial charge in [0, 0.05) is 0 Å². The second-order valence-corrected chi connectivity index (χ2v) is 9.95. The molecule has 2 aliphatic carbocycles. The van der Waals surface area contributed by atoms with Crippen molar-refractivity contribution in [3.63, 3.8) is 0 Å². The molecule has 22 heavy (non-hydrogen) atoms. The Bertz CT molecular complexity index is 394. The molecule has 2 aliphatic rings. The molecule has 0 heterocycles. The summed E-state index contributed by atoms with van der Waals surface area (Å²) in [4.78, 5) is 0. The molecule has 0 bridgehead atoms. The maximum atomic E-state index is 10.7. The third-order valence-electron chi connectivity index (χ3n) is 4.44. The molecular weight excluding hydrogens is 337 g/mol. The van der Waals surface area contributed by atoms with E-state index in [9.17, 15) is 13.2 Å². The number of hydrogen-bond donors (Lipinski definition) is 0. The predicted molar refractivity (Wildman–Crippen MR) is 82.8 cm³/mol. The van der Waals surface area contributed by atoms with Gasteiger partial charge < -0.3 is 4.55 Å². The molecule has 0 amide bonds. The van der Waals surface area contributed by atoms with E-state index in [-0.39, 0.29) is 0 Å². The Morgan fingerprint density at radius 1 is 0.864 bits per heavy atom. The van der Waals surface area contributed by atoms with E-state index in [2.05, 4.69) is 6.26 Å². The highest BCUT2D eigenvalue weighted by Crippen LogP contribution is 2.32. The lowest BCUT2D eigenvalue weighted by atomic mass is 10.00. The highest BCUT2D eigenvalue weighted by Gasteiger charge is 2.37. The van der Waals surface area contributed by atoms with Crippen LogP contribution in [0.15, 0.2) is 0 Å². The Morgan fingerprint density at radius 3 is 1.36 bits per heavy atom. The van der Waals surface area contributed by atoms with Crippen LogP contribution < -0.4 is 0 Å². The molecule has 132 valence electrons. The molecule has 0 unspecified atom stereocenters. The van der Waals surface area contributed by atoms with Gasteiger partial charge in [-0.3, -0.25) is 0 Å². The van der Waals surface area contributed by atoms with Crippen molar-refractivity contribution in [3.8, 4) is 0 Å². The number of hydrogen-bond acceptors (Lipinski definition) is 3. The zero-order valence-electron chi connectivity index (χ0n) is 12.9. The molecular formula is C14H25F3O3S2. The summed E-state index contributed by atoms with van der Waals surface area (Å²) in [7, 11) is -5.33. The van der Waals surface area contributed by atoms with Gasteiger partial charge >= 0.3 is 5.51 Å². The lowest BCUT2D eigenvalue weighted by molar-refractivity contribution is -0.0517. The molecule has 0 saturated heterocycles. The number of alkyl halides is 3. The van der Waals surface area contributed by atoms with Gasteiger partial charge in [0.15, 0.2) is 10.1 Å². The topological polar surface area (TPSA) is 57.2 Å². The zero-order valence-corrected chi connectivity index (χ0v) is 14.5. The number of rotatable bonds is 2. The lowest BCUT2D eigenvalue weighted by Gasteiger charge is -2.28. The third-order valence-corrected chi connectivity index (χ3v) is 8.05. The Kier molecular flexibility index (Phi) is 8.02. The van der Waals surface area contributed by atoms with Gasteiger partial charge in [-0.15, -0.1) is 0 Å². The van der Waals surface area contributed by atoms with Crippen LogP contribution in [0, 0.1) is 0 Å². The van der Waals surface area contributed by atoms with Crippen molar-refractivity contribution >= 4 is 21.0 Å². The molecule has 0 radical (unpaired) electrons. The van der Waals surface area contributed by atoms with Crippen molar-refractivity contribution in [2.75, 3.05) is 6.26 Å². The molecule has 3 nitrogen and oxygen atoms in total. The first kappa shape index (κ1) is 20.1. The smallest absolute Gasteiger partial charge is 0.485 e. The summed E-state index contributed by atoms with van der Waals surface area (Å²) in [5.74, 6) is 0. The van der Waals surface area contributed by atoms with Crippen LogP contribution in [0.5, 0.6) is 0 Å². The molecule has 0 aromatic heterocycles. The second kappa shape index (κ2) is 8.78. The van der Waals surface area contributed by atoms with Crippen LogP contribution >= 0.6 is 0 Å². The summed E-state index contributed by atoms with van der Waals surface area (Å²) in [6.45, 7) is 0. The normalized spacial score (nSPS) is 22.3. The van der Waals surface area contributed by atoms with Crippen LogP contribution in [0.2, 0.25) is 0 Å². The highest BCUT2D eigenvalue weighted by atomic mass is 32.2. The van der Waals surface area contributed by atoms with Crippen molar-refractivity contribution in [2.24, 2.45) is 0 Å². The lowest BCUT2D eigenvalue weighted by Crippen LogP contribution is -2.34. The fourth-order valence-electron chi connectivity index (χ4n) is 3.15. The molecule has 0 aromatic carbocycles. The van der Waals surface area contributed by atoms with Crippen molar-refractivity contribution < 1.29 is 26.1 Å². The van der Waals surface area contributed by atoms with E-state index in [0.717, 1.165) is 21.4 Å². The molecule has 8 heteroatoms. The minimum Gasteiger partial charge on any atom is -0.741 e. The standard InChI is InChI=1S/C13H25S.CHF3O3S/c1-14(12-8-4-2-5-9-12)13-10-6-3-7-11-13;2-1(3,4)8(5,6)7/h12-13H,2-11H2,1H3;(H,5,6,7)/q+1;/p-1.